The lowest BCUT2D eigenvalue weighted by atomic mass is 9.85. The number of nitrogens with zero attached hydrogens (tertiary/aromatic N) is 1. The Labute approximate surface area is 116 Å². The molecule has 0 aromatic heterocycles. The average molecular weight is 287 g/mol. The minimum atomic E-state index is -0.771. The van der Waals surface area contributed by atoms with Crippen LogP contribution in [0.5, 0.6) is 0 Å². The van der Waals surface area contributed by atoms with Crippen molar-refractivity contribution in [2.24, 2.45) is 5.92 Å². The molecule has 1 rings (SSSR count). The highest BCUT2D eigenvalue weighted by molar-refractivity contribution is 8.23. The Morgan fingerprint density at radius 1 is 1.50 bits per heavy atom. The number of thioether (sulfide) groups is 1. The number of carbonyl (C=O) groups is 2. The second-order valence-electron chi connectivity index (χ2n) is 4.41. The van der Waals surface area contributed by atoms with E-state index >= 15 is 0 Å². The van der Waals surface area contributed by atoms with Crippen LogP contribution >= 0.6 is 24.0 Å². The summed E-state index contributed by atoms with van der Waals surface area (Å²) in [5.74, 6) is -1.28. The van der Waals surface area contributed by atoms with E-state index < -0.39 is 5.97 Å². The Morgan fingerprint density at radius 2 is 2.17 bits per heavy atom. The summed E-state index contributed by atoms with van der Waals surface area (Å²) in [6, 6.07) is -0.0187. The van der Waals surface area contributed by atoms with Crippen LogP contribution < -0.4 is 0 Å². The number of rotatable bonds is 5. The van der Waals surface area contributed by atoms with E-state index in [4.69, 9.17) is 5.11 Å². The highest BCUT2D eigenvalue weighted by Gasteiger charge is 2.31. The Balaban J connectivity index is 2.63. The van der Waals surface area contributed by atoms with E-state index in [1.165, 1.54) is 4.70 Å². The Kier molecular flexibility index (Phi) is 5.81. The van der Waals surface area contributed by atoms with Crippen LogP contribution in [0.3, 0.4) is 0 Å². The van der Waals surface area contributed by atoms with Crippen molar-refractivity contribution < 1.29 is 14.7 Å². The summed E-state index contributed by atoms with van der Waals surface area (Å²) in [6.45, 7) is 3.67. The van der Waals surface area contributed by atoms with E-state index in [1.807, 2.05) is 0 Å². The molecule has 0 spiro atoms. The van der Waals surface area contributed by atoms with Gasteiger partial charge in [-0.15, -0.1) is 0 Å². The molecule has 100 valence electrons. The molecule has 1 saturated carbocycles. The van der Waals surface area contributed by atoms with E-state index in [-0.39, 0.29) is 17.9 Å². The van der Waals surface area contributed by atoms with Gasteiger partial charge in [-0.05, 0) is 19.3 Å². The number of hydrogen-bond donors (Lipinski definition) is 1. The van der Waals surface area contributed by atoms with Gasteiger partial charge in [0.1, 0.15) is 0 Å². The standard InChI is InChI=1S/C12H17NO3S2/c1-8(18-7-17)11(14)13(2)10-5-3-4-9(6-10)12(15)16/h7,9-10H,1,3-6H2,2H3,(H,15,16). The smallest absolute Gasteiger partial charge is 0.306 e. The summed E-state index contributed by atoms with van der Waals surface area (Å²) in [6.07, 6.45) is 2.91. The summed E-state index contributed by atoms with van der Waals surface area (Å²) >= 11 is 5.80. The van der Waals surface area contributed by atoms with Gasteiger partial charge >= 0.3 is 5.97 Å². The molecule has 1 fully saturated rings. The monoisotopic (exact) mass is 287 g/mol. The molecule has 1 aliphatic rings. The minimum absolute atomic E-state index is 0.0187. The first-order chi connectivity index (χ1) is 8.47. The molecule has 2 unspecified atom stereocenters. The Hall–Kier alpha value is -0.880. The number of hydrogen-bond acceptors (Lipinski definition) is 4. The fourth-order valence-corrected chi connectivity index (χ4v) is 2.92. The quantitative estimate of drug-likeness (QED) is 0.621. The van der Waals surface area contributed by atoms with Gasteiger partial charge in [0.25, 0.3) is 5.91 Å². The Bertz CT molecular complexity index is 370. The van der Waals surface area contributed by atoms with E-state index in [0.717, 1.165) is 24.6 Å². The Morgan fingerprint density at radius 3 is 2.72 bits per heavy atom. The second kappa shape index (κ2) is 6.89. The van der Waals surface area contributed by atoms with E-state index in [9.17, 15) is 9.59 Å². The van der Waals surface area contributed by atoms with Crippen LogP contribution in [0.15, 0.2) is 11.5 Å². The molecule has 1 aliphatic carbocycles. The second-order valence-corrected chi connectivity index (χ2v) is 5.91. The van der Waals surface area contributed by atoms with Crippen molar-refractivity contribution in [2.45, 2.75) is 31.7 Å². The third-order valence-electron chi connectivity index (χ3n) is 3.29. The molecule has 6 heteroatoms. The maximum absolute atomic E-state index is 12.0. The fourth-order valence-electron chi connectivity index (χ4n) is 2.21. The first-order valence-corrected chi connectivity index (χ1v) is 7.11. The minimum Gasteiger partial charge on any atom is -0.481 e. The van der Waals surface area contributed by atoms with Crippen molar-refractivity contribution in [1.82, 2.24) is 4.90 Å². The molecule has 0 radical (unpaired) electrons. The van der Waals surface area contributed by atoms with Crippen molar-refractivity contribution in [3.8, 4) is 0 Å². The summed E-state index contributed by atoms with van der Waals surface area (Å²) < 4.78 is 1.40. The number of carboxylic acids is 1. The van der Waals surface area contributed by atoms with Gasteiger partial charge in [0.05, 0.1) is 10.8 Å². The number of carbonyl (C=O) groups excluding carboxylic acids is 1. The molecule has 0 aromatic rings. The molecular formula is C12H17NO3S2. The van der Waals surface area contributed by atoms with Crippen molar-refractivity contribution in [1.29, 1.82) is 0 Å². The molecular weight excluding hydrogens is 270 g/mol. The van der Waals surface area contributed by atoms with Crippen LogP contribution in [0.25, 0.3) is 0 Å². The predicted molar refractivity (Wildman–Crippen MR) is 76.5 cm³/mol. The van der Waals surface area contributed by atoms with E-state index in [1.54, 1.807) is 11.9 Å². The predicted octanol–water partition coefficient (Wildman–Crippen LogP) is 2.29. The van der Waals surface area contributed by atoms with Crippen LogP contribution in [-0.2, 0) is 9.59 Å². The molecule has 1 N–H and O–H groups in total. The van der Waals surface area contributed by atoms with Gasteiger partial charge in [-0.3, -0.25) is 9.59 Å². The molecule has 0 aromatic carbocycles. The highest BCUT2D eigenvalue weighted by Crippen LogP contribution is 2.28. The normalized spacial score (nSPS) is 23.2. The lowest BCUT2D eigenvalue weighted by Gasteiger charge is -2.34. The van der Waals surface area contributed by atoms with E-state index in [2.05, 4.69) is 18.8 Å². The number of carboxylic acid groups (broad SMARTS) is 1. The summed E-state index contributed by atoms with van der Waals surface area (Å²) in [7, 11) is 1.70. The summed E-state index contributed by atoms with van der Waals surface area (Å²) in [4.78, 5) is 25.0. The largest absolute Gasteiger partial charge is 0.481 e. The number of thiocarbonyl (C=S) groups is 1. The molecule has 4 nitrogen and oxygen atoms in total. The van der Waals surface area contributed by atoms with Gasteiger partial charge in [-0.2, -0.15) is 0 Å². The third-order valence-corrected chi connectivity index (χ3v) is 4.14. The van der Waals surface area contributed by atoms with Crippen LogP contribution in [-0.4, -0.2) is 39.7 Å². The maximum atomic E-state index is 12.0. The number of aliphatic carboxylic acids is 1. The topological polar surface area (TPSA) is 57.6 Å². The van der Waals surface area contributed by atoms with Crippen LogP contribution in [0.1, 0.15) is 25.7 Å². The highest BCUT2D eigenvalue weighted by atomic mass is 32.2. The molecule has 0 saturated heterocycles. The zero-order chi connectivity index (χ0) is 13.7. The summed E-state index contributed by atoms with van der Waals surface area (Å²) in [5, 5.41) is 9.03. The zero-order valence-electron chi connectivity index (χ0n) is 10.3. The molecule has 0 aliphatic heterocycles. The van der Waals surface area contributed by atoms with Gasteiger partial charge in [-0.1, -0.05) is 37.0 Å². The molecule has 1 amide bonds. The van der Waals surface area contributed by atoms with Gasteiger partial charge in [0, 0.05) is 17.8 Å². The lowest BCUT2D eigenvalue weighted by Crippen LogP contribution is -2.41. The first-order valence-electron chi connectivity index (χ1n) is 5.76. The van der Waals surface area contributed by atoms with Crippen LogP contribution in [0, 0.1) is 5.92 Å². The summed E-state index contributed by atoms with van der Waals surface area (Å²) in [5.41, 5.74) is 0. The van der Waals surface area contributed by atoms with Crippen LogP contribution in [0.2, 0.25) is 0 Å². The van der Waals surface area contributed by atoms with Gasteiger partial charge in [0.2, 0.25) is 0 Å². The third kappa shape index (κ3) is 3.81. The van der Waals surface area contributed by atoms with Crippen molar-refractivity contribution in [2.75, 3.05) is 7.05 Å². The van der Waals surface area contributed by atoms with Crippen molar-refractivity contribution >= 4 is 40.6 Å². The molecule has 18 heavy (non-hydrogen) atoms. The first kappa shape index (κ1) is 15.2. The van der Waals surface area contributed by atoms with Crippen molar-refractivity contribution in [3.05, 3.63) is 11.5 Å². The molecule has 0 bridgehead atoms. The maximum Gasteiger partial charge on any atom is 0.306 e. The van der Waals surface area contributed by atoms with E-state index in [0.29, 0.717) is 17.7 Å². The lowest BCUT2D eigenvalue weighted by molar-refractivity contribution is -0.144. The number of likely N-dealkylation sites (N-methyl/N-ethyl adjacent to an activating group) is 1. The fraction of sp³-hybridized carbons (Fsp3) is 0.583. The zero-order valence-corrected chi connectivity index (χ0v) is 11.9. The molecule has 0 heterocycles. The average Bonchev–Trinajstić information content (AvgIpc) is 2.37. The van der Waals surface area contributed by atoms with Crippen molar-refractivity contribution in [3.63, 3.8) is 0 Å². The SMILES string of the molecule is C=C(SC=S)C(=O)N(C)C1CCCC(C(=O)O)C1. The van der Waals surface area contributed by atoms with Gasteiger partial charge in [-0.25, -0.2) is 0 Å². The van der Waals surface area contributed by atoms with Gasteiger partial charge < -0.3 is 10.0 Å². The molecule has 2 atom stereocenters. The van der Waals surface area contributed by atoms with Crippen LogP contribution in [0.4, 0.5) is 0 Å². The van der Waals surface area contributed by atoms with Gasteiger partial charge in [0.15, 0.2) is 0 Å². The number of amides is 1.